The van der Waals surface area contributed by atoms with E-state index in [1.165, 1.54) is 0 Å². The fourth-order valence-electron chi connectivity index (χ4n) is 1.68. The van der Waals surface area contributed by atoms with Gasteiger partial charge in [-0.05, 0) is 24.1 Å². The van der Waals surface area contributed by atoms with E-state index >= 15 is 0 Å². The lowest BCUT2D eigenvalue weighted by Gasteiger charge is -2.05. The van der Waals surface area contributed by atoms with E-state index in [4.69, 9.17) is 9.47 Å². The zero-order chi connectivity index (χ0) is 12.1. The molecule has 1 aromatic carbocycles. The molecular weight excluding hydrogens is 218 g/mol. The van der Waals surface area contributed by atoms with Crippen molar-refractivity contribution in [2.75, 3.05) is 6.79 Å². The van der Waals surface area contributed by atoms with E-state index in [-0.39, 0.29) is 12.7 Å². The summed E-state index contributed by atoms with van der Waals surface area (Å²) < 4.78 is 10.5. The molecule has 0 radical (unpaired) electrons. The van der Waals surface area contributed by atoms with Crippen molar-refractivity contribution in [2.24, 2.45) is 0 Å². The summed E-state index contributed by atoms with van der Waals surface area (Å²) in [6.45, 7) is 2.89. The van der Waals surface area contributed by atoms with Gasteiger partial charge in [0.2, 0.25) is 12.7 Å². The number of hydrogen-bond acceptors (Lipinski definition) is 3. The number of benzene rings is 1. The van der Waals surface area contributed by atoms with Crippen molar-refractivity contribution in [1.29, 1.82) is 0 Å². The topological polar surface area (TPSA) is 47.6 Å². The predicted octanol–water partition coefficient (Wildman–Crippen LogP) is 2.22. The monoisotopic (exact) mass is 235 g/mol. The van der Waals surface area contributed by atoms with Gasteiger partial charge in [0.05, 0.1) is 0 Å². The van der Waals surface area contributed by atoms with Crippen molar-refractivity contribution >= 4 is 5.91 Å². The zero-order valence-corrected chi connectivity index (χ0v) is 9.99. The highest BCUT2D eigenvalue weighted by atomic mass is 16.7. The van der Waals surface area contributed by atoms with Crippen LogP contribution >= 0.6 is 0 Å². The molecule has 0 aliphatic carbocycles. The third-order valence-electron chi connectivity index (χ3n) is 2.68. The van der Waals surface area contributed by atoms with Crippen molar-refractivity contribution in [2.45, 2.75) is 32.7 Å². The Kier molecular flexibility index (Phi) is 3.85. The molecule has 1 N–H and O–H groups in total. The smallest absolute Gasteiger partial charge is 0.231 e. The first kappa shape index (κ1) is 11.8. The Morgan fingerprint density at radius 3 is 3.00 bits per heavy atom. The molecule has 0 fully saturated rings. The first-order valence-corrected chi connectivity index (χ1v) is 5.95. The first-order chi connectivity index (χ1) is 8.29. The van der Waals surface area contributed by atoms with E-state index in [0.717, 1.165) is 29.9 Å². The van der Waals surface area contributed by atoms with Gasteiger partial charge in [0.1, 0.15) is 0 Å². The molecule has 4 nitrogen and oxygen atoms in total. The van der Waals surface area contributed by atoms with Crippen LogP contribution in [0.1, 0.15) is 31.7 Å². The second-order valence-electron chi connectivity index (χ2n) is 4.07. The number of hydrogen-bond donors (Lipinski definition) is 1. The Morgan fingerprint density at radius 1 is 1.35 bits per heavy atom. The highest BCUT2D eigenvalue weighted by Crippen LogP contribution is 2.32. The van der Waals surface area contributed by atoms with E-state index < -0.39 is 0 Å². The molecule has 1 heterocycles. The maximum atomic E-state index is 11.4. The number of fused-ring (bicyclic) bond motifs is 1. The number of ether oxygens (including phenoxy) is 2. The average Bonchev–Trinajstić information content (AvgIpc) is 2.81. The lowest BCUT2D eigenvalue weighted by Crippen LogP contribution is -2.22. The second kappa shape index (κ2) is 5.57. The molecule has 0 saturated heterocycles. The van der Waals surface area contributed by atoms with Crippen LogP contribution in [0.25, 0.3) is 0 Å². The SMILES string of the molecule is CCCCC(=O)NCc1ccc2c(c1)OCO2. The summed E-state index contributed by atoms with van der Waals surface area (Å²) in [4.78, 5) is 11.4. The molecule has 92 valence electrons. The fourth-order valence-corrected chi connectivity index (χ4v) is 1.68. The summed E-state index contributed by atoms with van der Waals surface area (Å²) in [6.07, 6.45) is 2.57. The number of unbranched alkanes of at least 4 members (excludes halogenated alkanes) is 1. The van der Waals surface area contributed by atoms with E-state index in [2.05, 4.69) is 12.2 Å². The quantitative estimate of drug-likeness (QED) is 0.851. The largest absolute Gasteiger partial charge is 0.454 e. The first-order valence-electron chi connectivity index (χ1n) is 5.95. The molecule has 1 aliphatic heterocycles. The Hall–Kier alpha value is -1.71. The Labute approximate surface area is 101 Å². The van der Waals surface area contributed by atoms with Gasteiger partial charge in [-0.25, -0.2) is 0 Å². The van der Waals surface area contributed by atoms with Crippen molar-refractivity contribution < 1.29 is 14.3 Å². The van der Waals surface area contributed by atoms with E-state index in [1.54, 1.807) is 0 Å². The number of amides is 1. The van der Waals surface area contributed by atoms with Crippen molar-refractivity contribution in [3.05, 3.63) is 23.8 Å². The van der Waals surface area contributed by atoms with Crippen molar-refractivity contribution in [1.82, 2.24) is 5.32 Å². The number of carbonyl (C=O) groups is 1. The minimum absolute atomic E-state index is 0.101. The van der Waals surface area contributed by atoms with Crippen LogP contribution in [0.3, 0.4) is 0 Å². The predicted molar refractivity (Wildman–Crippen MR) is 63.9 cm³/mol. The second-order valence-corrected chi connectivity index (χ2v) is 4.07. The van der Waals surface area contributed by atoms with Gasteiger partial charge in [-0.15, -0.1) is 0 Å². The minimum atomic E-state index is 0.101. The molecule has 0 spiro atoms. The normalized spacial score (nSPS) is 12.5. The van der Waals surface area contributed by atoms with Gasteiger partial charge in [0, 0.05) is 13.0 Å². The maximum absolute atomic E-state index is 11.4. The van der Waals surface area contributed by atoms with Crippen molar-refractivity contribution in [3.8, 4) is 11.5 Å². The van der Waals surface area contributed by atoms with E-state index in [0.29, 0.717) is 13.0 Å². The van der Waals surface area contributed by atoms with Gasteiger partial charge in [0.15, 0.2) is 11.5 Å². The van der Waals surface area contributed by atoms with Crippen LogP contribution in [-0.2, 0) is 11.3 Å². The van der Waals surface area contributed by atoms with E-state index in [9.17, 15) is 4.79 Å². The molecule has 0 unspecified atom stereocenters. The van der Waals surface area contributed by atoms with Crippen LogP contribution in [0.5, 0.6) is 11.5 Å². The summed E-state index contributed by atoms with van der Waals surface area (Å²) in [5.41, 5.74) is 1.03. The summed E-state index contributed by atoms with van der Waals surface area (Å²) in [5, 5.41) is 2.89. The average molecular weight is 235 g/mol. The summed E-state index contributed by atoms with van der Waals surface area (Å²) in [6, 6.07) is 5.71. The number of rotatable bonds is 5. The fraction of sp³-hybridized carbons (Fsp3) is 0.462. The number of carbonyl (C=O) groups excluding carboxylic acids is 1. The number of nitrogens with one attached hydrogen (secondary N) is 1. The molecular formula is C13H17NO3. The molecule has 1 aromatic rings. The van der Waals surface area contributed by atoms with Gasteiger partial charge in [-0.3, -0.25) is 4.79 Å². The lowest BCUT2D eigenvalue weighted by molar-refractivity contribution is -0.121. The van der Waals surface area contributed by atoms with Crippen LogP contribution in [-0.4, -0.2) is 12.7 Å². The van der Waals surface area contributed by atoms with Crippen LogP contribution < -0.4 is 14.8 Å². The summed E-state index contributed by atoms with van der Waals surface area (Å²) in [5.74, 6) is 1.63. The highest BCUT2D eigenvalue weighted by Gasteiger charge is 2.13. The molecule has 4 heteroatoms. The Morgan fingerprint density at radius 2 is 2.18 bits per heavy atom. The van der Waals surface area contributed by atoms with Crippen LogP contribution in [0, 0.1) is 0 Å². The van der Waals surface area contributed by atoms with Gasteiger partial charge in [-0.1, -0.05) is 19.4 Å². The van der Waals surface area contributed by atoms with Gasteiger partial charge >= 0.3 is 0 Å². The van der Waals surface area contributed by atoms with Gasteiger partial charge in [0.25, 0.3) is 0 Å². The van der Waals surface area contributed by atoms with E-state index in [1.807, 2.05) is 18.2 Å². The molecule has 17 heavy (non-hydrogen) atoms. The molecule has 0 atom stereocenters. The van der Waals surface area contributed by atoms with Crippen molar-refractivity contribution in [3.63, 3.8) is 0 Å². The van der Waals surface area contributed by atoms with Crippen LogP contribution in [0.15, 0.2) is 18.2 Å². The molecule has 0 saturated carbocycles. The minimum Gasteiger partial charge on any atom is -0.454 e. The maximum Gasteiger partial charge on any atom is 0.231 e. The third kappa shape index (κ3) is 3.12. The Balaban J connectivity index is 1.85. The van der Waals surface area contributed by atoms with Gasteiger partial charge < -0.3 is 14.8 Å². The molecule has 0 bridgehead atoms. The van der Waals surface area contributed by atoms with Gasteiger partial charge in [-0.2, -0.15) is 0 Å². The lowest BCUT2D eigenvalue weighted by atomic mass is 10.2. The zero-order valence-electron chi connectivity index (χ0n) is 9.99. The molecule has 0 aromatic heterocycles. The van der Waals surface area contributed by atoms with Crippen LogP contribution in [0.2, 0.25) is 0 Å². The molecule has 2 rings (SSSR count). The standard InChI is InChI=1S/C13H17NO3/c1-2-3-4-13(15)14-8-10-5-6-11-12(7-10)17-9-16-11/h5-7H,2-4,8-9H2,1H3,(H,14,15). The summed E-state index contributed by atoms with van der Waals surface area (Å²) in [7, 11) is 0. The summed E-state index contributed by atoms with van der Waals surface area (Å²) >= 11 is 0. The van der Waals surface area contributed by atoms with Crippen LogP contribution in [0.4, 0.5) is 0 Å². The Bertz CT molecular complexity index is 404. The third-order valence-corrected chi connectivity index (χ3v) is 2.68. The highest BCUT2D eigenvalue weighted by molar-refractivity contribution is 5.75. The molecule has 1 aliphatic rings. The molecule has 1 amide bonds.